The quantitative estimate of drug-likeness (QED) is 0.854. The molecule has 4 nitrogen and oxygen atoms in total. The Bertz CT molecular complexity index is 329. The number of rotatable bonds is 4. The first-order chi connectivity index (χ1) is 9.22. The zero-order valence-electron chi connectivity index (χ0n) is 11.7. The van der Waals surface area contributed by atoms with Crippen LogP contribution < -0.4 is 5.32 Å². The summed E-state index contributed by atoms with van der Waals surface area (Å²) in [7, 11) is 0. The van der Waals surface area contributed by atoms with Crippen LogP contribution in [0.5, 0.6) is 0 Å². The molecule has 1 atom stereocenters. The van der Waals surface area contributed by atoms with Crippen LogP contribution in [0.1, 0.15) is 38.5 Å². The Balaban J connectivity index is 2.04. The molecular weight excluding hydrogens is 260 g/mol. The Morgan fingerprint density at radius 1 is 1.26 bits per heavy atom. The van der Waals surface area contributed by atoms with E-state index in [2.05, 4.69) is 5.32 Å². The van der Waals surface area contributed by atoms with Crippen LogP contribution in [-0.2, 0) is 9.59 Å². The molecule has 0 aromatic carbocycles. The smallest absolute Gasteiger partial charge is 0.245 e. The van der Waals surface area contributed by atoms with Gasteiger partial charge in [-0.15, -0.1) is 0 Å². The molecule has 108 valence electrons. The third-order valence-corrected chi connectivity index (χ3v) is 4.78. The lowest BCUT2D eigenvalue weighted by atomic mass is 9.83. The van der Waals surface area contributed by atoms with E-state index in [1.54, 1.807) is 11.8 Å². The highest BCUT2D eigenvalue weighted by Gasteiger charge is 2.35. The Labute approximate surface area is 119 Å². The summed E-state index contributed by atoms with van der Waals surface area (Å²) in [4.78, 5) is 26.3. The zero-order chi connectivity index (χ0) is 13.7. The van der Waals surface area contributed by atoms with E-state index in [1.165, 1.54) is 19.3 Å². The van der Waals surface area contributed by atoms with Crippen molar-refractivity contribution in [2.24, 2.45) is 5.92 Å². The molecule has 2 fully saturated rings. The fourth-order valence-electron chi connectivity index (χ4n) is 3.06. The highest BCUT2D eigenvalue weighted by Crippen LogP contribution is 2.28. The average molecular weight is 284 g/mol. The normalized spacial score (nSPS) is 26.2. The minimum Gasteiger partial charge on any atom is -0.344 e. The first kappa shape index (κ1) is 14.7. The van der Waals surface area contributed by atoms with Crippen LogP contribution in [0.25, 0.3) is 0 Å². The van der Waals surface area contributed by atoms with Gasteiger partial charge in [0.15, 0.2) is 0 Å². The maximum atomic E-state index is 12.6. The van der Waals surface area contributed by atoms with Gasteiger partial charge < -0.3 is 10.2 Å². The van der Waals surface area contributed by atoms with Gasteiger partial charge in [-0.25, -0.2) is 0 Å². The number of amides is 2. The summed E-state index contributed by atoms with van der Waals surface area (Å²) in [5.41, 5.74) is 0. The highest BCUT2D eigenvalue weighted by molar-refractivity contribution is 7.98. The predicted octanol–water partition coefficient (Wildman–Crippen LogP) is 1.65. The summed E-state index contributed by atoms with van der Waals surface area (Å²) in [6.45, 7) is 1.34. The van der Waals surface area contributed by atoms with Crippen molar-refractivity contribution in [1.82, 2.24) is 10.2 Å². The lowest BCUT2D eigenvalue weighted by Gasteiger charge is -2.31. The minimum absolute atomic E-state index is 0.0376. The van der Waals surface area contributed by atoms with Gasteiger partial charge in [0.1, 0.15) is 6.04 Å². The van der Waals surface area contributed by atoms with E-state index in [0.29, 0.717) is 18.9 Å². The molecule has 1 aliphatic heterocycles. The minimum atomic E-state index is -0.267. The van der Waals surface area contributed by atoms with Gasteiger partial charge >= 0.3 is 0 Å². The van der Waals surface area contributed by atoms with Crippen molar-refractivity contribution in [2.45, 2.75) is 44.6 Å². The zero-order valence-corrected chi connectivity index (χ0v) is 12.5. The molecule has 0 aromatic heterocycles. The standard InChI is InChI=1S/C14H24N2O2S/c1-19-10-9-16-8-7-12(17)15-13(14(16)18)11-5-3-2-4-6-11/h11,13H,2-10H2,1H3,(H,15,17). The average Bonchev–Trinajstić information content (AvgIpc) is 2.58. The molecule has 0 spiro atoms. The molecule has 1 saturated carbocycles. The van der Waals surface area contributed by atoms with Crippen LogP contribution >= 0.6 is 11.8 Å². The van der Waals surface area contributed by atoms with Crippen molar-refractivity contribution in [3.05, 3.63) is 0 Å². The van der Waals surface area contributed by atoms with E-state index in [4.69, 9.17) is 0 Å². The summed E-state index contributed by atoms with van der Waals surface area (Å²) in [5.74, 6) is 1.47. The number of hydrogen-bond acceptors (Lipinski definition) is 3. The van der Waals surface area contributed by atoms with Crippen molar-refractivity contribution >= 4 is 23.6 Å². The maximum absolute atomic E-state index is 12.6. The second-order valence-electron chi connectivity index (χ2n) is 5.51. The molecule has 0 bridgehead atoms. The van der Waals surface area contributed by atoms with Crippen molar-refractivity contribution in [2.75, 3.05) is 25.1 Å². The number of nitrogens with zero attached hydrogens (tertiary/aromatic N) is 1. The number of carbonyl (C=O) groups excluding carboxylic acids is 2. The van der Waals surface area contributed by atoms with Crippen LogP contribution in [0.2, 0.25) is 0 Å². The number of hydrogen-bond donors (Lipinski definition) is 1. The molecule has 2 rings (SSSR count). The van der Waals surface area contributed by atoms with Crippen molar-refractivity contribution in [3.8, 4) is 0 Å². The maximum Gasteiger partial charge on any atom is 0.245 e. The summed E-state index contributed by atoms with van der Waals surface area (Å²) in [5, 5.41) is 2.97. The molecule has 19 heavy (non-hydrogen) atoms. The molecule has 1 aliphatic carbocycles. The summed E-state index contributed by atoms with van der Waals surface area (Å²) >= 11 is 1.74. The summed E-state index contributed by atoms with van der Waals surface area (Å²) in [6.07, 6.45) is 8.29. The van der Waals surface area contributed by atoms with Crippen LogP contribution in [-0.4, -0.2) is 47.9 Å². The van der Waals surface area contributed by atoms with Gasteiger partial charge in [0.25, 0.3) is 0 Å². The van der Waals surface area contributed by atoms with E-state index >= 15 is 0 Å². The Morgan fingerprint density at radius 2 is 2.00 bits per heavy atom. The van der Waals surface area contributed by atoms with Gasteiger partial charge in [-0.1, -0.05) is 19.3 Å². The van der Waals surface area contributed by atoms with Crippen molar-refractivity contribution in [1.29, 1.82) is 0 Å². The topological polar surface area (TPSA) is 49.4 Å². The van der Waals surface area contributed by atoms with E-state index in [1.807, 2.05) is 11.2 Å². The predicted molar refractivity (Wildman–Crippen MR) is 78.1 cm³/mol. The summed E-state index contributed by atoms with van der Waals surface area (Å²) in [6, 6.07) is -0.267. The molecule has 1 unspecified atom stereocenters. The van der Waals surface area contributed by atoms with Gasteiger partial charge in [0.2, 0.25) is 11.8 Å². The van der Waals surface area contributed by atoms with Gasteiger partial charge in [-0.3, -0.25) is 9.59 Å². The van der Waals surface area contributed by atoms with Crippen LogP contribution in [0, 0.1) is 5.92 Å². The first-order valence-electron chi connectivity index (χ1n) is 7.29. The lowest BCUT2D eigenvalue weighted by Crippen LogP contribution is -2.50. The van der Waals surface area contributed by atoms with Gasteiger partial charge in [0.05, 0.1) is 0 Å². The first-order valence-corrected chi connectivity index (χ1v) is 8.69. The Hall–Kier alpha value is -0.710. The molecule has 1 heterocycles. The van der Waals surface area contributed by atoms with Crippen molar-refractivity contribution < 1.29 is 9.59 Å². The molecule has 1 N–H and O–H groups in total. The van der Waals surface area contributed by atoms with Crippen LogP contribution in [0.4, 0.5) is 0 Å². The SMILES string of the molecule is CSCCN1CCC(=O)NC(C2CCCCC2)C1=O. The second kappa shape index (κ2) is 7.17. The molecule has 5 heteroatoms. The molecule has 0 aromatic rings. The molecule has 0 radical (unpaired) electrons. The van der Waals surface area contributed by atoms with Gasteiger partial charge in [0, 0.05) is 25.3 Å². The lowest BCUT2D eigenvalue weighted by molar-refractivity contribution is -0.135. The fourth-order valence-corrected chi connectivity index (χ4v) is 3.46. The highest BCUT2D eigenvalue weighted by atomic mass is 32.2. The number of carbonyl (C=O) groups is 2. The second-order valence-corrected chi connectivity index (χ2v) is 6.50. The van der Waals surface area contributed by atoms with Crippen molar-refractivity contribution in [3.63, 3.8) is 0 Å². The monoisotopic (exact) mass is 284 g/mol. The van der Waals surface area contributed by atoms with Gasteiger partial charge in [-0.2, -0.15) is 11.8 Å². The third kappa shape index (κ3) is 3.88. The van der Waals surface area contributed by atoms with E-state index in [9.17, 15) is 9.59 Å². The fraction of sp³-hybridized carbons (Fsp3) is 0.857. The molecule has 2 aliphatic rings. The largest absolute Gasteiger partial charge is 0.344 e. The third-order valence-electron chi connectivity index (χ3n) is 4.19. The number of thioether (sulfide) groups is 1. The van der Waals surface area contributed by atoms with E-state index in [-0.39, 0.29) is 17.9 Å². The van der Waals surface area contributed by atoms with Gasteiger partial charge in [-0.05, 0) is 25.0 Å². The summed E-state index contributed by atoms with van der Waals surface area (Å²) < 4.78 is 0. The molecule has 2 amide bonds. The van der Waals surface area contributed by atoms with E-state index in [0.717, 1.165) is 25.1 Å². The Morgan fingerprint density at radius 3 is 2.68 bits per heavy atom. The molecule has 1 saturated heterocycles. The van der Waals surface area contributed by atoms with Crippen LogP contribution in [0.15, 0.2) is 0 Å². The van der Waals surface area contributed by atoms with Crippen LogP contribution in [0.3, 0.4) is 0 Å². The van der Waals surface area contributed by atoms with E-state index < -0.39 is 0 Å². The molecular formula is C14H24N2O2S. The number of nitrogens with one attached hydrogen (secondary N) is 1. The Kier molecular flexibility index (Phi) is 5.55.